The number of hydrogen-bond donors (Lipinski definition) is 3. The fourth-order valence-corrected chi connectivity index (χ4v) is 2.00. The van der Waals surface area contributed by atoms with Gasteiger partial charge in [-0.3, -0.25) is 14.5 Å². The number of aliphatic hydroxyl groups is 1. The van der Waals surface area contributed by atoms with Crippen LogP contribution in [0.15, 0.2) is 30.0 Å². The Bertz CT molecular complexity index is 651. The van der Waals surface area contributed by atoms with Gasteiger partial charge in [0.1, 0.15) is 5.70 Å². The van der Waals surface area contributed by atoms with Gasteiger partial charge in [-0.25, -0.2) is 4.79 Å². The van der Waals surface area contributed by atoms with E-state index >= 15 is 0 Å². The number of carboxylic acids is 1. The molecule has 2 amide bonds. The number of aliphatic hydroxyl groups excluding tert-OH is 1. The smallest absolute Gasteiger partial charge is 0.337 e. The zero-order chi connectivity index (χ0) is 15.6. The van der Waals surface area contributed by atoms with Crippen LogP contribution in [-0.2, 0) is 9.59 Å². The minimum Gasteiger partial charge on any atom is -0.478 e. The van der Waals surface area contributed by atoms with Crippen molar-refractivity contribution in [1.29, 1.82) is 0 Å². The van der Waals surface area contributed by atoms with Crippen LogP contribution in [0.2, 0.25) is 0 Å². The molecule has 1 heterocycles. The van der Waals surface area contributed by atoms with Gasteiger partial charge in [-0.05, 0) is 24.6 Å². The van der Waals surface area contributed by atoms with Crippen molar-refractivity contribution in [2.24, 2.45) is 0 Å². The first-order chi connectivity index (χ1) is 9.93. The van der Waals surface area contributed by atoms with E-state index in [1.54, 1.807) is 19.1 Å². The monoisotopic (exact) mass is 290 g/mol. The molecular weight excluding hydrogens is 276 g/mol. The van der Waals surface area contributed by atoms with Gasteiger partial charge in [0.25, 0.3) is 11.8 Å². The Morgan fingerprint density at radius 3 is 2.67 bits per heavy atom. The Balaban J connectivity index is 2.29. The third-order valence-electron chi connectivity index (χ3n) is 3.01. The van der Waals surface area contributed by atoms with E-state index in [1.165, 1.54) is 6.07 Å². The van der Waals surface area contributed by atoms with Gasteiger partial charge in [-0.1, -0.05) is 6.07 Å². The molecule has 1 aromatic carbocycles. The molecule has 21 heavy (non-hydrogen) atoms. The van der Waals surface area contributed by atoms with Gasteiger partial charge in [0, 0.05) is 6.08 Å². The summed E-state index contributed by atoms with van der Waals surface area (Å²) in [4.78, 5) is 35.7. The van der Waals surface area contributed by atoms with Crippen molar-refractivity contribution in [3.8, 4) is 0 Å². The minimum absolute atomic E-state index is 0.00218. The Kier molecular flexibility index (Phi) is 4.04. The van der Waals surface area contributed by atoms with Crippen molar-refractivity contribution >= 4 is 23.5 Å². The van der Waals surface area contributed by atoms with Crippen LogP contribution in [0.4, 0.5) is 5.69 Å². The van der Waals surface area contributed by atoms with Crippen molar-refractivity contribution in [1.82, 2.24) is 4.90 Å². The largest absolute Gasteiger partial charge is 0.478 e. The van der Waals surface area contributed by atoms with Gasteiger partial charge in [0.05, 0.1) is 24.4 Å². The lowest BCUT2D eigenvalue weighted by Gasteiger charge is -2.14. The van der Waals surface area contributed by atoms with E-state index < -0.39 is 17.8 Å². The Labute approximate surface area is 120 Å². The summed E-state index contributed by atoms with van der Waals surface area (Å²) >= 11 is 0. The van der Waals surface area contributed by atoms with Gasteiger partial charge in [-0.15, -0.1) is 0 Å². The fraction of sp³-hybridized carbons (Fsp3) is 0.214. The summed E-state index contributed by atoms with van der Waals surface area (Å²) in [7, 11) is 0. The SMILES string of the molecule is Cc1ccc(C(=O)O)c(NC2=CC(=O)N(CCO)C2=O)c1. The van der Waals surface area contributed by atoms with E-state index in [1.807, 2.05) is 0 Å². The molecule has 0 bridgehead atoms. The lowest BCUT2D eigenvalue weighted by atomic mass is 10.1. The third kappa shape index (κ3) is 2.92. The standard InChI is InChI=1S/C14H14N2O5/c1-8-2-3-9(14(20)21)10(6-8)15-11-7-12(18)16(4-5-17)13(11)19/h2-3,6-7,15,17H,4-5H2,1H3,(H,20,21). The number of hydrogen-bond acceptors (Lipinski definition) is 5. The van der Waals surface area contributed by atoms with E-state index in [-0.39, 0.29) is 30.1 Å². The maximum absolute atomic E-state index is 12.0. The second kappa shape index (κ2) is 5.76. The maximum Gasteiger partial charge on any atom is 0.337 e. The van der Waals surface area contributed by atoms with Crippen molar-refractivity contribution in [2.45, 2.75) is 6.92 Å². The highest BCUT2D eigenvalue weighted by molar-refractivity contribution is 6.17. The molecule has 2 rings (SSSR count). The molecule has 1 aliphatic heterocycles. The Hall–Kier alpha value is -2.67. The summed E-state index contributed by atoms with van der Waals surface area (Å²) in [6.07, 6.45) is 1.09. The summed E-state index contributed by atoms with van der Waals surface area (Å²) < 4.78 is 0. The second-order valence-corrected chi connectivity index (χ2v) is 4.56. The van der Waals surface area contributed by atoms with Gasteiger partial charge < -0.3 is 15.5 Å². The van der Waals surface area contributed by atoms with Crippen molar-refractivity contribution in [2.75, 3.05) is 18.5 Å². The third-order valence-corrected chi connectivity index (χ3v) is 3.01. The molecule has 0 aliphatic carbocycles. The van der Waals surface area contributed by atoms with E-state index in [9.17, 15) is 14.4 Å². The molecule has 110 valence electrons. The number of aryl methyl sites for hydroxylation is 1. The van der Waals surface area contributed by atoms with Crippen LogP contribution in [0.25, 0.3) is 0 Å². The van der Waals surface area contributed by atoms with Gasteiger partial charge >= 0.3 is 5.97 Å². The number of nitrogens with zero attached hydrogens (tertiary/aromatic N) is 1. The highest BCUT2D eigenvalue weighted by Gasteiger charge is 2.31. The fourth-order valence-electron chi connectivity index (χ4n) is 2.00. The lowest BCUT2D eigenvalue weighted by molar-refractivity contribution is -0.137. The maximum atomic E-state index is 12.0. The summed E-state index contributed by atoms with van der Waals surface area (Å²) in [5.41, 5.74) is 1.04. The molecule has 1 aliphatic rings. The van der Waals surface area contributed by atoms with Gasteiger partial charge in [-0.2, -0.15) is 0 Å². The van der Waals surface area contributed by atoms with E-state index in [0.29, 0.717) is 0 Å². The molecule has 1 aromatic rings. The molecule has 7 nitrogen and oxygen atoms in total. The number of aromatic carboxylic acids is 1. The molecule has 3 N–H and O–H groups in total. The molecule has 0 aromatic heterocycles. The number of rotatable bonds is 5. The zero-order valence-electron chi connectivity index (χ0n) is 11.3. The Morgan fingerprint density at radius 1 is 1.33 bits per heavy atom. The number of anilines is 1. The number of benzene rings is 1. The summed E-state index contributed by atoms with van der Waals surface area (Å²) in [5, 5.41) is 20.6. The number of nitrogens with one attached hydrogen (secondary N) is 1. The van der Waals surface area contributed by atoms with Crippen LogP contribution < -0.4 is 5.32 Å². The number of amides is 2. The highest BCUT2D eigenvalue weighted by atomic mass is 16.4. The van der Waals surface area contributed by atoms with Crippen LogP contribution in [0.1, 0.15) is 15.9 Å². The molecule has 0 spiro atoms. The average Bonchev–Trinajstić information content (AvgIpc) is 2.67. The van der Waals surface area contributed by atoms with Crippen molar-refractivity contribution in [3.63, 3.8) is 0 Å². The van der Waals surface area contributed by atoms with E-state index in [0.717, 1.165) is 16.5 Å². The molecule has 7 heteroatoms. The normalized spacial score (nSPS) is 14.4. The number of carbonyl (C=O) groups is 3. The van der Waals surface area contributed by atoms with Crippen LogP contribution >= 0.6 is 0 Å². The lowest BCUT2D eigenvalue weighted by Crippen LogP contribution is -2.34. The second-order valence-electron chi connectivity index (χ2n) is 4.56. The predicted molar refractivity (Wildman–Crippen MR) is 73.6 cm³/mol. The minimum atomic E-state index is -1.14. The average molecular weight is 290 g/mol. The van der Waals surface area contributed by atoms with Crippen LogP contribution in [0.5, 0.6) is 0 Å². The molecule has 0 saturated heterocycles. The molecular formula is C14H14N2O5. The Morgan fingerprint density at radius 2 is 2.05 bits per heavy atom. The van der Waals surface area contributed by atoms with Gasteiger partial charge in [0.15, 0.2) is 0 Å². The van der Waals surface area contributed by atoms with E-state index in [2.05, 4.69) is 5.32 Å². The zero-order valence-corrected chi connectivity index (χ0v) is 11.3. The molecule has 0 fully saturated rings. The van der Waals surface area contributed by atoms with Crippen LogP contribution in [0.3, 0.4) is 0 Å². The van der Waals surface area contributed by atoms with E-state index in [4.69, 9.17) is 10.2 Å². The molecule has 0 saturated carbocycles. The van der Waals surface area contributed by atoms with Crippen LogP contribution in [0, 0.1) is 6.92 Å². The molecule has 0 atom stereocenters. The molecule has 0 unspecified atom stereocenters. The summed E-state index contributed by atoms with van der Waals surface area (Å²) in [6.45, 7) is 1.35. The van der Waals surface area contributed by atoms with Gasteiger partial charge in [0.2, 0.25) is 0 Å². The van der Waals surface area contributed by atoms with Crippen molar-refractivity contribution < 1.29 is 24.6 Å². The quantitative estimate of drug-likeness (QED) is 0.675. The number of carbonyl (C=O) groups excluding carboxylic acids is 2. The summed E-state index contributed by atoms with van der Waals surface area (Å²) in [6, 6.07) is 4.65. The predicted octanol–water partition coefficient (Wildman–Crippen LogP) is 0.350. The highest BCUT2D eigenvalue weighted by Crippen LogP contribution is 2.22. The van der Waals surface area contributed by atoms with Crippen LogP contribution in [-0.4, -0.2) is 46.0 Å². The van der Waals surface area contributed by atoms with Crippen molar-refractivity contribution in [3.05, 3.63) is 41.1 Å². The first-order valence-electron chi connectivity index (χ1n) is 6.23. The summed E-state index contributed by atoms with van der Waals surface area (Å²) in [5.74, 6) is -2.27. The first-order valence-corrected chi connectivity index (χ1v) is 6.23. The molecule has 0 radical (unpaired) electrons. The number of carboxylic acid groups (broad SMARTS) is 1. The number of β-amino-alcohol motifs (C(OH)–C–C–N with tert-alkyl or cyclic N) is 1. The topological polar surface area (TPSA) is 107 Å². The first kappa shape index (κ1) is 14.7. The number of imide groups is 1.